The molecule has 1 saturated heterocycles. The Labute approximate surface area is 103 Å². The summed E-state index contributed by atoms with van der Waals surface area (Å²) < 4.78 is 5.59. The van der Waals surface area contributed by atoms with Gasteiger partial charge in [-0.05, 0) is 32.0 Å². The van der Waals surface area contributed by atoms with Crippen molar-refractivity contribution in [3.63, 3.8) is 0 Å². The molecule has 0 radical (unpaired) electrons. The zero-order valence-electron chi connectivity index (χ0n) is 10.8. The average Bonchev–Trinajstić information content (AvgIpc) is 2.76. The summed E-state index contributed by atoms with van der Waals surface area (Å²) in [6.07, 6.45) is 3.40. The lowest BCUT2D eigenvalue weighted by molar-refractivity contribution is 0.0814. The van der Waals surface area contributed by atoms with Crippen molar-refractivity contribution in [2.24, 2.45) is 0 Å². The van der Waals surface area contributed by atoms with Crippen molar-refractivity contribution in [1.82, 2.24) is 9.88 Å². The van der Waals surface area contributed by atoms with Gasteiger partial charge in [0.2, 0.25) is 0 Å². The van der Waals surface area contributed by atoms with Crippen molar-refractivity contribution in [1.29, 1.82) is 0 Å². The van der Waals surface area contributed by atoms with E-state index in [1.165, 1.54) is 5.56 Å². The van der Waals surface area contributed by atoms with Crippen molar-refractivity contribution >= 4 is 5.82 Å². The zero-order valence-corrected chi connectivity index (χ0v) is 10.8. The van der Waals surface area contributed by atoms with Gasteiger partial charge < -0.3 is 10.1 Å². The van der Waals surface area contributed by atoms with Gasteiger partial charge in [0.15, 0.2) is 0 Å². The zero-order chi connectivity index (χ0) is 12.3. The lowest BCUT2D eigenvalue weighted by atomic mass is 10.1. The van der Waals surface area contributed by atoms with E-state index in [1.807, 2.05) is 19.3 Å². The molecule has 2 atom stereocenters. The number of aromatic nitrogens is 1. The maximum Gasteiger partial charge on any atom is 0.125 e. The SMILES string of the molecule is CNc1ccc(CN(C)C2CCOC2C)cn1. The third kappa shape index (κ3) is 2.96. The van der Waals surface area contributed by atoms with E-state index in [-0.39, 0.29) is 0 Å². The van der Waals surface area contributed by atoms with E-state index >= 15 is 0 Å². The number of hydrogen-bond donors (Lipinski definition) is 1. The summed E-state index contributed by atoms with van der Waals surface area (Å²) in [6, 6.07) is 4.66. The number of pyridine rings is 1. The van der Waals surface area contributed by atoms with Crippen molar-refractivity contribution in [2.45, 2.75) is 32.0 Å². The first-order valence-electron chi connectivity index (χ1n) is 6.15. The standard InChI is InChI=1S/C13H21N3O/c1-10-12(6-7-17-10)16(3)9-11-4-5-13(14-2)15-8-11/h4-5,8,10,12H,6-7,9H2,1-3H3,(H,14,15). The van der Waals surface area contributed by atoms with E-state index in [0.717, 1.165) is 25.4 Å². The summed E-state index contributed by atoms with van der Waals surface area (Å²) in [5.74, 6) is 0.911. The molecular weight excluding hydrogens is 214 g/mol. The third-order valence-corrected chi connectivity index (χ3v) is 3.42. The fourth-order valence-corrected chi connectivity index (χ4v) is 2.37. The lowest BCUT2D eigenvalue weighted by Crippen LogP contribution is -2.36. The number of likely N-dealkylation sites (N-methyl/N-ethyl adjacent to an activating group) is 1. The first kappa shape index (κ1) is 12.3. The van der Waals surface area contributed by atoms with E-state index in [4.69, 9.17) is 4.74 Å². The maximum atomic E-state index is 5.59. The van der Waals surface area contributed by atoms with Crippen LogP contribution in [0.15, 0.2) is 18.3 Å². The van der Waals surface area contributed by atoms with E-state index < -0.39 is 0 Å². The molecule has 1 aromatic rings. The van der Waals surface area contributed by atoms with Gasteiger partial charge in [-0.2, -0.15) is 0 Å². The predicted octanol–water partition coefficient (Wildman–Crippen LogP) is 1.73. The van der Waals surface area contributed by atoms with Crippen LogP contribution in [0, 0.1) is 0 Å². The number of ether oxygens (including phenoxy) is 1. The molecule has 0 saturated carbocycles. The summed E-state index contributed by atoms with van der Waals surface area (Å²) in [6.45, 7) is 3.96. The molecule has 0 aliphatic carbocycles. The summed E-state index contributed by atoms with van der Waals surface area (Å²) in [5.41, 5.74) is 1.24. The third-order valence-electron chi connectivity index (χ3n) is 3.42. The Hall–Kier alpha value is -1.13. The van der Waals surface area contributed by atoms with E-state index in [0.29, 0.717) is 12.1 Å². The lowest BCUT2D eigenvalue weighted by Gasteiger charge is -2.26. The molecule has 0 amide bonds. The molecule has 1 fully saturated rings. The summed E-state index contributed by atoms with van der Waals surface area (Å²) in [5, 5.41) is 3.02. The minimum atomic E-state index is 0.338. The van der Waals surface area contributed by atoms with Gasteiger partial charge in [0.25, 0.3) is 0 Å². The van der Waals surface area contributed by atoms with Crippen LogP contribution in [-0.4, -0.2) is 42.7 Å². The van der Waals surface area contributed by atoms with Crippen molar-refractivity contribution in [3.8, 4) is 0 Å². The number of rotatable bonds is 4. The molecule has 2 unspecified atom stereocenters. The summed E-state index contributed by atoms with van der Waals surface area (Å²) in [7, 11) is 4.04. The molecule has 1 aromatic heterocycles. The molecule has 0 aromatic carbocycles. The van der Waals surface area contributed by atoms with Gasteiger partial charge in [0.1, 0.15) is 5.82 Å². The van der Waals surface area contributed by atoms with Gasteiger partial charge in [-0.3, -0.25) is 4.90 Å². The van der Waals surface area contributed by atoms with Gasteiger partial charge in [-0.25, -0.2) is 4.98 Å². The van der Waals surface area contributed by atoms with Gasteiger partial charge >= 0.3 is 0 Å². The van der Waals surface area contributed by atoms with Crippen LogP contribution in [-0.2, 0) is 11.3 Å². The van der Waals surface area contributed by atoms with E-state index in [2.05, 4.69) is 35.2 Å². The molecule has 0 bridgehead atoms. The molecule has 17 heavy (non-hydrogen) atoms. The highest BCUT2D eigenvalue weighted by Crippen LogP contribution is 2.20. The number of nitrogens with zero attached hydrogens (tertiary/aromatic N) is 2. The molecule has 2 heterocycles. The molecule has 1 aliphatic rings. The monoisotopic (exact) mass is 235 g/mol. The van der Waals surface area contributed by atoms with Crippen molar-refractivity contribution in [2.75, 3.05) is 26.0 Å². The number of anilines is 1. The normalized spacial score (nSPS) is 24.2. The largest absolute Gasteiger partial charge is 0.377 e. The van der Waals surface area contributed by atoms with Crippen LogP contribution in [0.3, 0.4) is 0 Å². The molecule has 2 rings (SSSR count). The Kier molecular flexibility index (Phi) is 3.97. The maximum absolute atomic E-state index is 5.59. The fraction of sp³-hybridized carbons (Fsp3) is 0.615. The summed E-state index contributed by atoms with van der Waals surface area (Å²) >= 11 is 0. The molecular formula is C13H21N3O. The van der Waals surface area contributed by atoms with Crippen LogP contribution in [0.2, 0.25) is 0 Å². The Balaban J connectivity index is 1.95. The first-order valence-corrected chi connectivity index (χ1v) is 6.15. The fourth-order valence-electron chi connectivity index (χ4n) is 2.37. The summed E-state index contributed by atoms with van der Waals surface area (Å²) in [4.78, 5) is 6.68. The second-order valence-corrected chi connectivity index (χ2v) is 4.65. The van der Waals surface area contributed by atoms with E-state index in [9.17, 15) is 0 Å². The van der Waals surface area contributed by atoms with Crippen LogP contribution in [0.1, 0.15) is 18.9 Å². The quantitative estimate of drug-likeness (QED) is 0.862. The molecule has 94 valence electrons. The second-order valence-electron chi connectivity index (χ2n) is 4.65. The first-order chi connectivity index (χ1) is 8.20. The van der Waals surface area contributed by atoms with Crippen LogP contribution < -0.4 is 5.32 Å². The smallest absolute Gasteiger partial charge is 0.125 e. The van der Waals surface area contributed by atoms with E-state index in [1.54, 1.807) is 0 Å². The number of hydrogen-bond acceptors (Lipinski definition) is 4. The predicted molar refractivity (Wildman–Crippen MR) is 69.1 cm³/mol. The van der Waals surface area contributed by atoms with Crippen LogP contribution in [0.5, 0.6) is 0 Å². The molecule has 1 N–H and O–H groups in total. The second kappa shape index (κ2) is 5.47. The minimum Gasteiger partial charge on any atom is -0.377 e. The van der Waals surface area contributed by atoms with Gasteiger partial charge in [0.05, 0.1) is 6.10 Å². The van der Waals surface area contributed by atoms with Gasteiger partial charge in [0, 0.05) is 32.4 Å². The van der Waals surface area contributed by atoms with Crippen molar-refractivity contribution < 1.29 is 4.74 Å². The highest BCUT2D eigenvalue weighted by molar-refractivity contribution is 5.34. The molecule has 0 spiro atoms. The van der Waals surface area contributed by atoms with Gasteiger partial charge in [-0.15, -0.1) is 0 Å². The highest BCUT2D eigenvalue weighted by atomic mass is 16.5. The minimum absolute atomic E-state index is 0.338. The number of nitrogens with one attached hydrogen (secondary N) is 1. The Morgan fingerprint density at radius 2 is 2.35 bits per heavy atom. The molecule has 1 aliphatic heterocycles. The highest BCUT2D eigenvalue weighted by Gasteiger charge is 2.27. The average molecular weight is 235 g/mol. The molecule has 4 heteroatoms. The Bertz CT molecular complexity index is 352. The van der Waals surface area contributed by atoms with Crippen LogP contribution in [0.25, 0.3) is 0 Å². The van der Waals surface area contributed by atoms with Crippen LogP contribution in [0.4, 0.5) is 5.82 Å². The Morgan fingerprint density at radius 1 is 1.53 bits per heavy atom. The molecule has 4 nitrogen and oxygen atoms in total. The van der Waals surface area contributed by atoms with Gasteiger partial charge in [-0.1, -0.05) is 6.07 Å². The topological polar surface area (TPSA) is 37.4 Å². The van der Waals surface area contributed by atoms with Crippen molar-refractivity contribution in [3.05, 3.63) is 23.9 Å². The van der Waals surface area contributed by atoms with Crippen LogP contribution >= 0.6 is 0 Å². The Morgan fingerprint density at radius 3 is 2.88 bits per heavy atom.